The van der Waals surface area contributed by atoms with Crippen LogP contribution in [0.25, 0.3) is 0 Å². The zero-order chi connectivity index (χ0) is 13.9. The topological polar surface area (TPSA) is 78.4 Å². The third-order valence-corrected chi connectivity index (χ3v) is 4.57. The standard InChI is InChI=1S/C14H24N2O3/c1-10-4-2-5-11(8-10)9-15-13(19)16-14(12(17)18)6-3-7-14/h10-11H,2-9H2,1H3,(H,17,18)(H2,15,16,19). The summed E-state index contributed by atoms with van der Waals surface area (Å²) in [6.45, 7) is 2.91. The van der Waals surface area contributed by atoms with E-state index < -0.39 is 11.5 Å². The highest BCUT2D eigenvalue weighted by Crippen LogP contribution is 2.32. The van der Waals surface area contributed by atoms with Gasteiger partial charge in [0.2, 0.25) is 0 Å². The molecule has 5 heteroatoms. The number of carbonyl (C=O) groups is 2. The van der Waals surface area contributed by atoms with Crippen molar-refractivity contribution in [1.82, 2.24) is 10.6 Å². The molecule has 0 aromatic carbocycles. The van der Waals surface area contributed by atoms with Crippen molar-refractivity contribution in [2.24, 2.45) is 11.8 Å². The Labute approximate surface area is 114 Å². The van der Waals surface area contributed by atoms with Crippen LogP contribution in [0.1, 0.15) is 51.9 Å². The summed E-state index contributed by atoms with van der Waals surface area (Å²) in [5.41, 5.74) is -1.01. The molecule has 0 aromatic heterocycles. The van der Waals surface area contributed by atoms with Crippen molar-refractivity contribution in [1.29, 1.82) is 0 Å². The van der Waals surface area contributed by atoms with Gasteiger partial charge in [-0.15, -0.1) is 0 Å². The number of carboxylic acids is 1. The summed E-state index contributed by atoms with van der Waals surface area (Å²) in [4.78, 5) is 22.9. The Morgan fingerprint density at radius 2 is 2.00 bits per heavy atom. The number of nitrogens with one attached hydrogen (secondary N) is 2. The van der Waals surface area contributed by atoms with Crippen LogP contribution in [0, 0.1) is 11.8 Å². The summed E-state index contributed by atoms with van der Waals surface area (Å²) in [5.74, 6) is 0.359. The van der Waals surface area contributed by atoms with Crippen LogP contribution in [-0.2, 0) is 4.79 Å². The summed E-state index contributed by atoms with van der Waals surface area (Å²) >= 11 is 0. The number of urea groups is 1. The molecular formula is C14H24N2O3. The van der Waals surface area contributed by atoms with Crippen molar-refractivity contribution in [2.45, 2.75) is 57.4 Å². The Bertz CT molecular complexity index is 353. The number of carboxylic acid groups (broad SMARTS) is 1. The second kappa shape index (κ2) is 5.80. The average molecular weight is 268 g/mol. The Balaban J connectivity index is 1.74. The zero-order valence-electron chi connectivity index (χ0n) is 11.6. The van der Waals surface area contributed by atoms with Gasteiger partial charge in [-0.3, -0.25) is 0 Å². The van der Waals surface area contributed by atoms with Crippen LogP contribution in [-0.4, -0.2) is 29.2 Å². The molecule has 0 aliphatic heterocycles. The van der Waals surface area contributed by atoms with Crippen molar-refractivity contribution in [3.05, 3.63) is 0 Å². The van der Waals surface area contributed by atoms with Crippen LogP contribution in [0.3, 0.4) is 0 Å². The summed E-state index contributed by atoms with van der Waals surface area (Å²) in [6, 6.07) is -0.333. The minimum absolute atomic E-state index is 0.333. The molecule has 2 saturated carbocycles. The molecule has 108 valence electrons. The Morgan fingerprint density at radius 1 is 1.26 bits per heavy atom. The number of amides is 2. The zero-order valence-corrected chi connectivity index (χ0v) is 11.6. The van der Waals surface area contributed by atoms with Gasteiger partial charge in [0.15, 0.2) is 0 Å². The van der Waals surface area contributed by atoms with Crippen LogP contribution in [0.15, 0.2) is 0 Å². The fourth-order valence-corrected chi connectivity index (χ4v) is 3.17. The van der Waals surface area contributed by atoms with Crippen LogP contribution in [0.2, 0.25) is 0 Å². The molecule has 2 amide bonds. The van der Waals surface area contributed by atoms with E-state index in [1.165, 1.54) is 12.8 Å². The van der Waals surface area contributed by atoms with Crippen molar-refractivity contribution in [2.75, 3.05) is 6.54 Å². The largest absolute Gasteiger partial charge is 0.480 e. The molecule has 2 fully saturated rings. The molecule has 2 aliphatic carbocycles. The summed E-state index contributed by atoms with van der Waals surface area (Å²) in [7, 11) is 0. The lowest BCUT2D eigenvalue weighted by Crippen LogP contribution is -2.61. The second-order valence-electron chi connectivity index (χ2n) is 6.21. The number of hydrogen-bond donors (Lipinski definition) is 3. The van der Waals surface area contributed by atoms with E-state index in [1.54, 1.807) is 0 Å². The highest BCUT2D eigenvalue weighted by molar-refractivity contribution is 5.87. The van der Waals surface area contributed by atoms with Crippen molar-refractivity contribution >= 4 is 12.0 Å². The quantitative estimate of drug-likeness (QED) is 0.730. The molecule has 3 N–H and O–H groups in total. The van der Waals surface area contributed by atoms with E-state index in [-0.39, 0.29) is 6.03 Å². The first-order valence-corrected chi connectivity index (χ1v) is 7.31. The number of carbonyl (C=O) groups excluding carboxylic acids is 1. The maximum absolute atomic E-state index is 11.8. The van der Waals surface area contributed by atoms with E-state index in [0.717, 1.165) is 25.2 Å². The predicted octanol–water partition coefficient (Wildman–Crippen LogP) is 2.12. The molecule has 19 heavy (non-hydrogen) atoms. The highest BCUT2D eigenvalue weighted by Gasteiger charge is 2.45. The van der Waals surface area contributed by atoms with Gasteiger partial charge in [0.05, 0.1) is 0 Å². The Morgan fingerprint density at radius 3 is 2.53 bits per heavy atom. The van der Waals surface area contributed by atoms with Gasteiger partial charge in [0.25, 0.3) is 0 Å². The van der Waals surface area contributed by atoms with Gasteiger partial charge in [-0.2, -0.15) is 0 Å². The smallest absolute Gasteiger partial charge is 0.329 e. The van der Waals surface area contributed by atoms with Gasteiger partial charge in [0, 0.05) is 6.54 Å². The summed E-state index contributed by atoms with van der Waals surface area (Å²) in [5, 5.41) is 14.6. The van der Waals surface area contributed by atoms with Crippen LogP contribution < -0.4 is 10.6 Å². The average Bonchev–Trinajstić information content (AvgIpc) is 2.31. The van der Waals surface area contributed by atoms with Gasteiger partial charge in [-0.25, -0.2) is 9.59 Å². The minimum atomic E-state index is -1.01. The number of rotatable bonds is 4. The van der Waals surface area contributed by atoms with Crippen LogP contribution >= 0.6 is 0 Å². The van der Waals surface area contributed by atoms with Gasteiger partial charge in [-0.1, -0.05) is 19.8 Å². The molecule has 0 heterocycles. The lowest BCUT2D eigenvalue weighted by Gasteiger charge is -2.38. The summed E-state index contributed by atoms with van der Waals surface area (Å²) in [6.07, 6.45) is 6.78. The van der Waals surface area contributed by atoms with Gasteiger partial charge >= 0.3 is 12.0 Å². The first-order valence-electron chi connectivity index (χ1n) is 7.31. The molecule has 2 unspecified atom stereocenters. The molecular weight excluding hydrogens is 244 g/mol. The third-order valence-electron chi connectivity index (χ3n) is 4.57. The minimum Gasteiger partial charge on any atom is -0.480 e. The Kier molecular flexibility index (Phi) is 4.32. The van der Waals surface area contributed by atoms with Crippen LogP contribution in [0.5, 0.6) is 0 Å². The molecule has 0 bridgehead atoms. The third kappa shape index (κ3) is 3.39. The van der Waals surface area contributed by atoms with Gasteiger partial charge in [-0.05, 0) is 43.9 Å². The molecule has 2 atom stereocenters. The lowest BCUT2D eigenvalue weighted by molar-refractivity contribution is -0.148. The maximum atomic E-state index is 11.8. The molecule has 0 saturated heterocycles. The van der Waals surface area contributed by atoms with E-state index in [1.807, 2.05) is 0 Å². The van der Waals surface area contributed by atoms with Gasteiger partial charge < -0.3 is 15.7 Å². The molecule has 5 nitrogen and oxygen atoms in total. The van der Waals surface area contributed by atoms with E-state index in [9.17, 15) is 9.59 Å². The molecule has 2 rings (SSSR count). The van der Waals surface area contributed by atoms with E-state index in [0.29, 0.717) is 25.3 Å². The normalized spacial score (nSPS) is 29.1. The monoisotopic (exact) mass is 268 g/mol. The Hall–Kier alpha value is -1.26. The number of aliphatic carboxylic acids is 1. The van der Waals surface area contributed by atoms with E-state index >= 15 is 0 Å². The van der Waals surface area contributed by atoms with Crippen molar-refractivity contribution in [3.63, 3.8) is 0 Å². The first-order chi connectivity index (χ1) is 9.02. The molecule has 0 aromatic rings. The second-order valence-corrected chi connectivity index (χ2v) is 6.21. The molecule has 0 radical (unpaired) electrons. The highest BCUT2D eigenvalue weighted by atomic mass is 16.4. The predicted molar refractivity (Wildman–Crippen MR) is 71.9 cm³/mol. The maximum Gasteiger partial charge on any atom is 0.329 e. The SMILES string of the molecule is CC1CCCC(CNC(=O)NC2(C(=O)O)CCC2)C1. The fraction of sp³-hybridized carbons (Fsp3) is 0.857. The van der Waals surface area contributed by atoms with Crippen LogP contribution in [0.4, 0.5) is 4.79 Å². The first kappa shape index (κ1) is 14.2. The van der Waals surface area contributed by atoms with E-state index in [4.69, 9.17) is 5.11 Å². The summed E-state index contributed by atoms with van der Waals surface area (Å²) < 4.78 is 0. The van der Waals surface area contributed by atoms with E-state index in [2.05, 4.69) is 17.6 Å². The lowest BCUT2D eigenvalue weighted by atomic mass is 9.77. The molecule has 0 spiro atoms. The van der Waals surface area contributed by atoms with Crippen molar-refractivity contribution in [3.8, 4) is 0 Å². The number of hydrogen-bond acceptors (Lipinski definition) is 2. The van der Waals surface area contributed by atoms with Crippen molar-refractivity contribution < 1.29 is 14.7 Å². The van der Waals surface area contributed by atoms with Gasteiger partial charge in [0.1, 0.15) is 5.54 Å². The fourth-order valence-electron chi connectivity index (χ4n) is 3.17. The molecule has 2 aliphatic rings.